The second-order valence-corrected chi connectivity index (χ2v) is 38.5. The lowest BCUT2D eigenvalue weighted by Crippen LogP contribution is -2.59. The van der Waals surface area contributed by atoms with E-state index < -0.39 is 60.4 Å². The summed E-state index contributed by atoms with van der Waals surface area (Å²) in [5.74, 6) is -2.28. The first kappa shape index (κ1) is 64.1. The van der Waals surface area contributed by atoms with Crippen LogP contribution in [0.15, 0.2) is 97.1 Å². The van der Waals surface area contributed by atoms with Crippen molar-refractivity contribution in [2.75, 3.05) is 18.8 Å². The van der Waals surface area contributed by atoms with E-state index in [9.17, 15) is 37.5 Å². The van der Waals surface area contributed by atoms with E-state index in [1.165, 1.54) is 0 Å². The molecule has 2 heterocycles. The van der Waals surface area contributed by atoms with Crippen LogP contribution in [-0.4, -0.2) is 98.3 Å². The van der Waals surface area contributed by atoms with Crippen LogP contribution in [0.3, 0.4) is 0 Å². The van der Waals surface area contributed by atoms with Crippen LogP contribution < -0.4 is 5.32 Å². The summed E-state index contributed by atoms with van der Waals surface area (Å²) in [4.78, 5) is 67.6. The Labute approximate surface area is 480 Å². The molecule has 0 radical (unpaired) electrons. The molecule has 2 aliphatic rings. The molecule has 2 fully saturated rings. The molecule has 0 bridgehead atoms. The predicted molar refractivity (Wildman–Crippen MR) is 320 cm³/mol. The van der Waals surface area contributed by atoms with E-state index in [1.54, 1.807) is 43.9 Å². The number of rotatable bonds is 21. The number of carbonyl (C=O) groups is 4. The van der Waals surface area contributed by atoms with Crippen molar-refractivity contribution in [2.45, 2.75) is 160 Å². The number of halogens is 4. The molecule has 4 aromatic rings. The zero-order valence-corrected chi connectivity index (χ0v) is 52.6. The van der Waals surface area contributed by atoms with Crippen molar-refractivity contribution in [3.05, 3.63) is 139 Å². The molecule has 4 aromatic carbocycles. The van der Waals surface area contributed by atoms with E-state index in [4.69, 9.17) is 46.4 Å². The molecule has 2 unspecified atom stereocenters. The minimum atomic E-state index is -3.54. The first-order chi connectivity index (χ1) is 35.7. The number of benzene rings is 4. The Kier molecular flexibility index (Phi) is 22.2. The highest BCUT2D eigenvalue weighted by atomic mass is 35.5. The number of likely N-dealkylation sites (tertiary alicyclic amines) is 2. The molecule has 6 rings (SSSR count). The largest absolute Gasteiger partial charge is 0.481 e. The standard InChI is InChI=1S/C33H48Cl2N2O5SSi.C26H33Cl2NO3Si/c1-22(2)29(21-43(40,41)23(3)4)37-31(24-12-14-26(34)15-13-24)28(25-10-8-11-27(35)18-25)19-33(5,32(37)39)20-30(38)36-16-9-17-44(6,7)42;1-26(17-23(30)31)16-22(19-7-5-8-21(28)15-19)24(18-9-11-20(27)12-10-18)29(25(26)32)13-6-14-33(2,3)4/h8,10-15,18,22-23,28-29,31,42H,9,16-17,19-21H2,1-7H3,(H,36,38);5,7-12,15,22,24H,6,13-14,16-17H2,1-4H3,(H,30,31)/t28?,29-,31-,33-;22?,24-,26-/m11/s1. The average Bonchev–Trinajstić information content (AvgIpc) is 3.32. The molecule has 0 aliphatic carbocycles. The van der Waals surface area contributed by atoms with Crippen LogP contribution in [0.4, 0.5) is 0 Å². The molecule has 3 amide bonds. The van der Waals surface area contributed by atoms with Crippen molar-refractivity contribution in [2.24, 2.45) is 16.7 Å². The Morgan fingerprint density at radius 3 is 1.60 bits per heavy atom. The van der Waals surface area contributed by atoms with Crippen LogP contribution in [0.5, 0.6) is 0 Å². The normalized spacial score (nSPS) is 22.7. The topological polar surface area (TPSA) is 161 Å². The van der Waals surface area contributed by atoms with Crippen LogP contribution in [0.2, 0.25) is 64.9 Å². The van der Waals surface area contributed by atoms with Gasteiger partial charge in [-0.15, -0.1) is 0 Å². The van der Waals surface area contributed by atoms with E-state index in [0.29, 0.717) is 58.5 Å². The second kappa shape index (κ2) is 26.7. The van der Waals surface area contributed by atoms with Gasteiger partial charge in [0, 0.05) is 65.6 Å². The number of aliphatic carboxylic acids is 1. The van der Waals surface area contributed by atoms with Gasteiger partial charge >= 0.3 is 5.97 Å². The Bertz CT molecular complexity index is 2790. The Morgan fingerprint density at radius 2 is 1.16 bits per heavy atom. The Hall–Kier alpha value is -3.74. The molecule has 0 aromatic heterocycles. The van der Waals surface area contributed by atoms with Crippen LogP contribution >= 0.6 is 46.4 Å². The number of carbonyl (C=O) groups excluding carboxylic acids is 3. The number of amides is 3. The molecule has 422 valence electrons. The van der Waals surface area contributed by atoms with Crippen molar-refractivity contribution < 1.29 is 37.5 Å². The van der Waals surface area contributed by atoms with E-state index in [0.717, 1.165) is 34.7 Å². The molecule has 11 nitrogen and oxygen atoms in total. The Morgan fingerprint density at radius 1 is 0.675 bits per heavy atom. The van der Waals surface area contributed by atoms with Gasteiger partial charge in [-0.2, -0.15) is 0 Å². The van der Waals surface area contributed by atoms with Crippen molar-refractivity contribution in [1.82, 2.24) is 15.1 Å². The summed E-state index contributed by atoms with van der Waals surface area (Å²) in [6, 6.07) is 30.6. The highest BCUT2D eigenvalue weighted by molar-refractivity contribution is 7.92. The van der Waals surface area contributed by atoms with Gasteiger partial charge in [-0.25, -0.2) is 8.42 Å². The van der Waals surface area contributed by atoms with Crippen molar-refractivity contribution in [1.29, 1.82) is 0 Å². The maximum Gasteiger partial charge on any atom is 0.304 e. The van der Waals surface area contributed by atoms with E-state index in [-0.39, 0.29) is 60.1 Å². The smallest absolute Gasteiger partial charge is 0.304 e. The van der Waals surface area contributed by atoms with E-state index in [1.807, 2.05) is 118 Å². The summed E-state index contributed by atoms with van der Waals surface area (Å²) in [6.07, 6.45) is 2.12. The van der Waals surface area contributed by atoms with Gasteiger partial charge in [-0.1, -0.05) is 148 Å². The summed E-state index contributed by atoms with van der Waals surface area (Å²) in [5.41, 5.74) is 1.67. The highest BCUT2D eigenvalue weighted by Gasteiger charge is 2.54. The van der Waals surface area contributed by atoms with Gasteiger partial charge in [-0.3, -0.25) is 19.2 Å². The summed E-state index contributed by atoms with van der Waals surface area (Å²) >= 11 is 25.3. The van der Waals surface area contributed by atoms with Gasteiger partial charge in [0.1, 0.15) is 0 Å². The van der Waals surface area contributed by atoms with Gasteiger partial charge in [0.2, 0.25) is 17.7 Å². The third-order valence-electron chi connectivity index (χ3n) is 15.2. The molecular weight excluding hydrogens is 1110 g/mol. The van der Waals surface area contributed by atoms with Gasteiger partial charge in [0.25, 0.3) is 0 Å². The molecule has 3 N–H and O–H groups in total. The quantitative estimate of drug-likeness (QED) is 0.0549. The van der Waals surface area contributed by atoms with Gasteiger partial charge in [-0.05, 0) is 135 Å². The summed E-state index contributed by atoms with van der Waals surface area (Å²) in [6.45, 7) is 22.5. The molecule has 7 atom stereocenters. The van der Waals surface area contributed by atoms with Crippen molar-refractivity contribution in [3.63, 3.8) is 0 Å². The average molecular weight is 1190 g/mol. The third kappa shape index (κ3) is 17.6. The molecule has 2 saturated heterocycles. The number of carboxylic acid groups (broad SMARTS) is 1. The molecule has 18 heteroatoms. The maximum absolute atomic E-state index is 14.8. The van der Waals surface area contributed by atoms with Crippen LogP contribution in [-0.2, 0) is 29.0 Å². The lowest BCUT2D eigenvalue weighted by molar-refractivity contribution is -0.158. The Balaban J connectivity index is 0.000000296. The van der Waals surface area contributed by atoms with Crippen molar-refractivity contribution >= 4 is 96.3 Å². The lowest BCUT2D eigenvalue weighted by Gasteiger charge is -2.53. The number of piperidine rings is 2. The lowest BCUT2D eigenvalue weighted by atomic mass is 9.66. The maximum atomic E-state index is 14.8. The van der Waals surface area contributed by atoms with Gasteiger partial charge < -0.3 is 25.0 Å². The van der Waals surface area contributed by atoms with Crippen LogP contribution in [0.25, 0.3) is 0 Å². The van der Waals surface area contributed by atoms with Crippen molar-refractivity contribution in [3.8, 4) is 0 Å². The summed E-state index contributed by atoms with van der Waals surface area (Å²) in [7, 11) is -7.06. The molecular formula is C59H81Cl4N3O8SSi2. The monoisotopic (exact) mass is 1190 g/mol. The van der Waals surface area contributed by atoms with Gasteiger partial charge in [0.05, 0.1) is 40.3 Å². The molecule has 0 saturated carbocycles. The minimum absolute atomic E-state index is 0.0472. The van der Waals surface area contributed by atoms with Crippen LogP contribution in [0.1, 0.15) is 126 Å². The van der Waals surface area contributed by atoms with Gasteiger partial charge in [0.15, 0.2) is 18.2 Å². The summed E-state index contributed by atoms with van der Waals surface area (Å²) < 4.78 is 26.8. The minimum Gasteiger partial charge on any atom is -0.481 e. The number of sulfone groups is 1. The number of nitrogens with zero attached hydrogens (tertiary/aromatic N) is 2. The van der Waals surface area contributed by atoms with E-state index in [2.05, 4.69) is 25.0 Å². The number of carboxylic acids is 1. The fraction of sp³-hybridized carbons (Fsp3) is 0.525. The fourth-order valence-corrected chi connectivity index (χ4v) is 15.4. The SMILES string of the molecule is CC(C)[C@@H](CS(=O)(=O)C(C)C)N1C(=O)[C@@](C)(CC(=O)NCCC[Si](C)(C)O)CC(c2cccc(Cl)c2)[C@H]1c1ccc(Cl)cc1.C[C@]1(CC(=O)O)CC(c2cccc(Cl)c2)[C@@H](c2ccc(Cl)cc2)N(CCC[Si](C)(C)C)C1=O. The zero-order valence-electron chi connectivity index (χ0n) is 46.7. The predicted octanol–water partition coefficient (Wildman–Crippen LogP) is 14.3. The molecule has 77 heavy (non-hydrogen) atoms. The zero-order chi connectivity index (χ0) is 57.4. The molecule has 0 spiro atoms. The first-order valence-electron chi connectivity index (χ1n) is 26.8. The van der Waals surface area contributed by atoms with E-state index >= 15 is 0 Å². The number of hydrogen-bond donors (Lipinski definition) is 3. The van der Waals surface area contributed by atoms with Crippen LogP contribution in [0, 0.1) is 16.7 Å². The second-order valence-electron chi connectivity index (χ2n) is 24.4. The number of hydrogen-bond acceptors (Lipinski definition) is 7. The summed E-state index contributed by atoms with van der Waals surface area (Å²) in [5, 5.41) is 14.4. The highest BCUT2D eigenvalue weighted by Crippen LogP contribution is 2.54. The third-order valence-corrected chi connectivity index (χ3v) is 21.8. The first-order valence-corrected chi connectivity index (χ1v) is 36.9. The fourth-order valence-electron chi connectivity index (χ4n) is 11.1. The molecule has 2 aliphatic heterocycles. The number of nitrogens with one attached hydrogen (secondary N) is 1.